The van der Waals surface area contributed by atoms with Crippen molar-refractivity contribution in [1.82, 2.24) is 0 Å². The Labute approximate surface area is 557 Å². The fourth-order valence-corrected chi connectivity index (χ4v) is 12.7. The number of carbonyl (C=O) groups excluding carboxylic acids is 6. The second-order valence-corrected chi connectivity index (χ2v) is 23.7. The highest BCUT2D eigenvalue weighted by atomic mass is 31.2. The van der Waals surface area contributed by atoms with E-state index >= 15 is 9.59 Å². The minimum absolute atomic E-state index is 0.0107. The molecule has 0 aliphatic carbocycles. The Morgan fingerprint density at radius 1 is 0.312 bits per heavy atom. The molecule has 0 bridgehead atoms. The molecule has 0 aliphatic heterocycles. The van der Waals surface area contributed by atoms with Crippen molar-refractivity contribution in [2.45, 2.75) is 65.2 Å². The van der Waals surface area contributed by atoms with E-state index in [1.54, 1.807) is 184 Å². The number of hydrogen-bond donors (Lipinski definition) is 0. The SMILES string of the molecule is COC(=O)CCc1ccccc1OP(Oc1ccccc1CCC(=O)OC)Oc1c(C(=O)Oc2ccccc2C)cc2ccccc2c1-c1c(OP(Oc2ccccc2CCC(=O)OC)Oc2ccccc2CCC(=O)OC)c(C(=O)Oc2ccccc2C)cc2ccccc12. The summed E-state index contributed by atoms with van der Waals surface area (Å²) in [5.41, 5.74) is 3.63. The molecular formula is C76H68O18P2. The molecule has 0 atom stereocenters. The van der Waals surface area contributed by atoms with Crippen molar-refractivity contribution in [1.29, 1.82) is 0 Å². The fraction of sp³-hybridized carbons (Fsp3) is 0.184. The van der Waals surface area contributed by atoms with Gasteiger partial charge in [-0.15, -0.1) is 0 Å². The molecule has 0 spiro atoms. The Morgan fingerprint density at radius 2 is 0.573 bits per heavy atom. The van der Waals surface area contributed by atoms with Crippen LogP contribution in [-0.4, -0.2) is 64.3 Å². The van der Waals surface area contributed by atoms with Gasteiger partial charge in [0.15, 0.2) is 11.5 Å². The van der Waals surface area contributed by atoms with Crippen LogP contribution in [0.25, 0.3) is 32.7 Å². The quantitative estimate of drug-likeness (QED) is 0.0184. The molecule has 0 aromatic heterocycles. The standard InChI is InChI=1S/C76H68O18P2/c1-49-23-7-17-33-61(49)87-75(81)59-47-55-29-9-15-31-57(55)71(73(59)93-95(89-63-35-19-11-25-51(63)39-43-67(77)83-3)90-64-36-20-12-26-52(64)40-44-68(78)84-4)72-58-32-16-10-30-56(58)48-60(76(82)88-62-34-18-8-24-50(62)2)74(72)94-96(91-65-37-21-13-27-53(65)41-45-69(79)85-5)92-66-38-22-14-28-54(66)42-46-70(80)86-6/h7-38,47-48H,39-46H2,1-6H3. The molecular weight excluding hydrogens is 1260 g/mol. The van der Waals surface area contributed by atoms with Crippen LogP contribution < -0.4 is 36.6 Å². The molecule has 0 aliphatic rings. The van der Waals surface area contributed by atoms with Crippen LogP contribution in [-0.2, 0) is 63.8 Å². The Bertz CT molecular complexity index is 4060. The van der Waals surface area contributed by atoms with Crippen LogP contribution in [0.4, 0.5) is 0 Å². The topological polar surface area (TPSA) is 213 Å². The molecule has 96 heavy (non-hydrogen) atoms. The van der Waals surface area contributed by atoms with Gasteiger partial charge in [-0.05, 0) is 143 Å². The first-order valence-corrected chi connectivity index (χ1v) is 32.9. The maximum absolute atomic E-state index is 15.7. The molecule has 10 aromatic carbocycles. The number of carbonyl (C=O) groups is 6. The Morgan fingerprint density at radius 3 is 0.865 bits per heavy atom. The molecule has 0 saturated carbocycles. The monoisotopic (exact) mass is 1330 g/mol. The van der Waals surface area contributed by atoms with Crippen molar-refractivity contribution in [2.75, 3.05) is 28.4 Å². The summed E-state index contributed by atoms with van der Waals surface area (Å²) in [4.78, 5) is 82.4. The second-order valence-electron chi connectivity index (χ2n) is 21.7. The number of ether oxygens (including phenoxy) is 6. The van der Waals surface area contributed by atoms with Gasteiger partial charge in [-0.25, -0.2) is 9.59 Å². The van der Waals surface area contributed by atoms with Crippen molar-refractivity contribution in [3.05, 3.63) is 251 Å². The first-order chi connectivity index (χ1) is 46.7. The zero-order valence-electron chi connectivity index (χ0n) is 53.5. The summed E-state index contributed by atoms with van der Waals surface area (Å²) < 4.78 is 75.7. The lowest BCUT2D eigenvalue weighted by Crippen LogP contribution is -2.15. The highest BCUT2D eigenvalue weighted by Crippen LogP contribution is 2.56. The van der Waals surface area contributed by atoms with Crippen LogP contribution in [0.5, 0.6) is 46.0 Å². The minimum atomic E-state index is -2.85. The van der Waals surface area contributed by atoms with Crippen LogP contribution in [0.3, 0.4) is 0 Å². The number of hydrogen-bond acceptors (Lipinski definition) is 18. The van der Waals surface area contributed by atoms with Crippen molar-refractivity contribution in [3.63, 3.8) is 0 Å². The summed E-state index contributed by atoms with van der Waals surface area (Å²) in [6.07, 6.45) is 0.654. The van der Waals surface area contributed by atoms with E-state index in [1.165, 1.54) is 28.4 Å². The zero-order chi connectivity index (χ0) is 67.5. The maximum atomic E-state index is 15.7. The van der Waals surface area contributed by atoms with Crippen molar-refractivity contribution >= 4 is 74.6 Å². The lowest BCUT2D eigenvalue weighted by Gasteiger charge is -2.27. The smallest absolute Gasteiger partial charge is 0.469 e. The molecule has 0 unspecified atom stereocenters. The van der Waals surface area contributed by atoms with E-state index in [0.717, 1.165) is 0 Å². The first kappa shape index (κ1) is 68.1. The molecule has 0 fully saturated rings. The maximum Gasteiger partial charge on any atom is 0.530 e. The number of benzene rings is 10. The molecule has 10 aromatic rings. The molecule has 0 saturated heterocycles. The van der Waals surface area contributed by atoms with E-state index in [0.29, 0.717) is 54.9 Å². The minimum Gasteiger partial charge on any atom is -0.469 e. The van der Waals surface area contributed by atoms with Crippen LogP contribution in [0.1, 0.15) is 79.8 Å². The average molecular weight is 1330 g/mol. The van der Waals surface area contributed by atoms with Crippen molar-refractivity contribution < 1.29 is 84.3 Å². The van der Waals surface area contributed by atoms with Gasteiger partial charge in [0.2, 0.25) is 0 Å². The zero-order valence-corrected chi connectivity index (χ0v) is 55.3. The molecule has 0 radical (unpaired) electrons. The molecule has 0 N–H and O–H groups in total. The highest BCUT2D eigenvalue weighted by molar-refractivity contribution is 7.43. The van der Waals surface area contributed by atoms with Gasteiger partial charge >= 0.3 is 53.0 Å². The molecule has 18 nitrogen and oxygen atoms in total. The van der Waals surface area contributed by atoms with Crippen molar-refractivity contribution in [3.8, 4) is 57.1 Å². The summed E-state index contributed by atoms with van der Waals surface area (Å²) in [6, 6.07) is 59.9. The van der Waals surface area contributed by atoms with Crippen LogP contribution in [0, 0.1) is 13.8 Å². The molecule has 20 heteroatoms. The fourth-order valence-electron chi connectivity index (χ4n) is 10.4. The van der Waals surface area contributed by atoms with E-state index in [-0.39, 0.29) is 120 Å². The summed E-state index contributed by atoms with van der Waals surface area (Å²) in [5, 5.41) is 1.92. The van der Waals surface area contributed by atoms with Gasteiger partial charge in [-0.2, -0.15) is 0 Å². The Hall–Kier alpha value is -10.8. The van der Waals surface area contributed by atoms with E-state index in [1.807, 2.05) is 36.4 Å². The van der Waals surface area contributed by atoms with E-state index in [9.17, 15) is 19.2 Å². The molecule has 0 heterocycles. The molecule has 0 amide bonds. The lowest BCUT2D eigenvalue weighted by molar-refractivity contribution is -0.141. The van der Waals surface area contributed by atoms with Crippen LogP contribution in [0.2, 0.25) is 0 Å². The Balaban J connectivity index is 1.28. The average Bonchev–Trinajstić information content (AvgIpc) is 0.731. The number of rotatable bonds is 29. The summed E-state index contributed by atoms with van der Waals surface area (Å²) in [6.45, 7) is 3.60. The third-order valence-corrected chi connectivity index (χ3v) is 17.6. The molecule has 10 rings (SSSR count). The number of methoxy groups -OCH3 is 4. The lowest BCUT2D eigenvalue weighted by atomic mass is 9.88. The normalized spacial score (nSPS) is 11.0. The number of fused-ring (bicyclic) bond motifs is 2. The third kappa shape index (κ3) is 17.1. The van der Waals surface area contributed by atoms with Gasteiger partial charge in [0.25, 0.3) is 0 Å². The third-order valence-electron chi connectivity index (χ3n) is 15.5. The van der Waals surface area contributed by atoms with Gasteiger partial charge in [0, 0.05) is 36.8 Å². The van der Waals surface area contributed by atoms with E-state index in [4.69, 9.17) is 55.6 Å². The highest BCUT2D eigenvalue weighted by Gasteiger charge is 2.36. The first-order valence-electron chi connectivity index (χ1n) is 30.7. The predicted octanol–water partition coefficient (Wildman–Crippen LogP) is 16.7. The number of para-hydroxylation sites is 6. The van der Waals surface area contributed by atoms with Crippen molar-refractivity contribution in [2.24, 2.45) is 0 Å². The van der Waals surface area contributed by atoms with E-state index < -0.39 is 53.0 Å². The summed E-state index contributed by atoms with van der Waals surface area (Å²) >= 11 is 0. The Kier molecular flexibility index (Phi) is 23.3. The number of aryl methyl sites for hydroxylation is 6. The van der Waals surface area contributed by atoms with Crippen LogP contribution >= 0.6 is 17.2 Å². The van der Waals surface area contributed by atoms with Gasteiger partial charge in [-0.3, -0.25) is 19.2 Å². The number of esters is 6. The van der Waals surface area contributed by atoms with Gasteiger partial charge in [0.1, 0.15) is 45.6 Å². The second kappa shape index (κ2) is 32.9. The molecule has 490 valence electrons. The van der Waals surface area contributed by atoms with Gasteiger partial charge in [-0.1, -0.05) is 158 Å². The predicted molar refractivity (Wildman–Crippen MR) is 364 cm³/mol. The summed E-state index contributed by atoms with van der Waals surface area (Å²) in [7, 11) is -0.487. The van der Waals surface area contributed by atoms with Gasteiger partial charge in [0.05, 0.1) is 28.4 Å². The van der Waals surface area contributed by atoms with Crippen LogP contribution in [0.15, 0.2) is 206 Å². The van der Waals surface area contributed by atoms with E-state index in [2.05, 4.69) is 0 Å². The largest absolute Gasteiger partial charge is 0.530 e. The summed E-state index contributed by atoms with van der Waals surface area (Å²) in [5.74, 6) is -2.46. The van der Waals surface area contributed by atoms with Gasteiger partial charge < -0.3 is 55.6 Å².